The first-order valence-corrected chi connectivity index (χ1v) is 7.04. The van der Waals surface area contributed by atoms with Crippen molar-refractivity contribution >= 4 is 29.0 Å². The van der Waals surface area contributed by atoms with Crippen LogP contribution >= 0.6 is 23.2 Å². The van der Waals surface area contributed by atoms with E-state index >= 15 is 0 Å². The van der Waals surface area contributed by atoms with Crippen molar-refractivity contribution in [3.63, 3.8) is 0 Å². The molecule has 1 saturated carbocycles. The molecule has 1 atom stereocenters. The van der Waals surface area contributed by atoms with Crippen LogP contribution in [-0.2, 0) is 0 Å². The van der Waals surface area contributed by atoms with Crippen LogP contribution in [0.4, 0.5) is 5.82 Å². The van der Waals surface area contributed by atoms with E-state index in [1.807, 2.05) is 6.07 Å². The molecule has 0 radical (unpaired) electrons. The van der Waals surface area contributed by atoms with Crippen molar-refractivity contribution in [2.75, 3.05) is 5.73 Å². The van der Waals surface area contributed by atoms with E-state index in [1.165, 1.54) is 12.8 Å². The van der Waals surface area contributed by atoms with E-state index in [4.69, 9.17) is 33.5 Å². The SMILES string of the molecule is CC(c1onc(N)c1-c1ccc(Cl)cc1Cl)C1CC1. The predicted octanol–water partition coefficient (Wildman–Crippen LogP) is 4.74. The van der Waals surface area contributed by atoms with Gasteiger partial charge in [-0.3, -0.25) is 0 Å². The molecule has 1 unspecified atom stereocenters. The molecule has 19 heavy (non-hydrogen) atoms. The van der Waals surface area contributed by atoms with Crippen LogP contribution < -0.4 is 5.73 Å². The normalized spacial score (nSPS) is 16.6. The van der Waals surface area contributed by atoms with Gasteiger partial charge < -0.3 is 10.3 Å². The summed E-state index contributed by atoms with van der Waals surface area (Å²) in [5.74, 6) is 2.18. The van der Waals surface area contributed by atoms with E-state index < -0.39 is 0 Å². The quantitative estimate of drug-likeness (QED) is 0.889. The van der Waals surface area contributed by atoms with Gasteiger partial charge in [0.25, 0.3) is 0 Å². The van der Waals surface area contributed by atoms with Crippen molar-refractivity contribution in [1.82, 2.24) is 5.16 Å². The Morgan fingerprint density at radius 1 is 1.37 bits per heavy atom. The average Bonchev–Trinajstić information content (AvgIpc) is 3.14. The zero-order valence-corrected chi connectivity index (χ0v) is 12.0. The highest BCUT2D eigenvalue weighted by atomic mass is 35.5. The Balaban J connectivity index is 2.10. The highest BCUT2D eigenvalue weighted by molar-refractivity contribution is 6.36. The Hall–Kier alpha value is -1.19. The first-order chi connectivity index (χ1) is 9.08. The number of nitrogens with zero attached hydrogens (tertiary/aromatic N) is 1. The molecular weight excluding hydrogens is 283 g/mol. The molecule has 0 aliphatic heterocycles. The molecule has 3 nitrogen and oxygen atoms in total. The number of hydrogen-bond acceptors (Lipinski definition) is 3. The number of anilines is 1. The lowest BCUT2D eigenvalue weighted by Crippen LogP contribution is -1.97. The Kier molecular flexibility index (Phi) is 3.19. The summed E-state index contributed by atoms with van der Waals surface area (Å²) in [7, 11) is 0. The van der Waals surface area contributed by atoms with E-state index in [0.717, 1.165) is 16.9 Å². The predicted molar refractivity (Wildman–Crippen MR) is 77.5 cm³/mol. The number of halogens is 2. The van der Waals surface area contributed by atoms with E-state index in [2.05, 4.69) is 12.1 Å². The Labute approximate surface area is 121 Å². The fraction of sp³-hybridized carbons (Fsp3) is 0.357. The van der Waals surface area contributed by atoms with E-state index in [-0.39, 0.29) is 0 Å². The molecule has 1 fully saturated rings. The summed E-state index contributed by atoms with van der Waals surface area (Å²) < 4.78 is 5.43. The molecule has 5 heteroatoms. The van der Waals surface area contributed by atoms with Crippen molar-refractivity contribution in [3.05, 3.63) is 34.0 Å². The minimum Gasteiger partial charge on any atom is -0.380 e. The minimum atomic E-state index is 0.312. The van der Waals surface area contributed by atoms with Gasteiger partial charge in [0.1, 0.15) is 5.76 Å². The lowest BCUT2D eigenvalue weighted by molar-refractivity contribution is 0.358. The molecule has 1 aromatic carbocycles. The fourth-order valence-electron chi connectivity index (χ4n) is 2.40. The van der Waals surface area contributed by atoms with Crippen molar-refractivity contribution in [1.29, 1.82) is 0 Å². The van der Waals surface area contributed by atoms with Gasteiger partial charge in [0.05, 0.1) is 10.6 Å². The first-order valence-electron chi connectivity index (χ1n) is 6.28. The second-order valence-corrected chi connectivity index (χ2v) is 5.90. The van der Waals surface area contributed by atoms with Crippen LogP contribution in [0, 0.1) is 5.92 Å². The average molecular weight is 297 g/mol. The lowest BCUT2D eigenvalue weighted by atomic mass is 9.95. The van der Waals surface area contributed by atoms with E-state index in [1.54, 1.807) is 12.1 Å². The van der Waals surface area contributed by atoms with Crippen molar-refractivity contribution < 1.29 is 4.52 Å². The maximum absolute atomic E-state index is 6.26. The van der Waals surface area contributed by atoms with Crippen LogP contribution in [0.25, 0.3) is 11.1 Å². The Morgan fingerprint density at radius 2 is 2.11 bits per heavy atom. The third-order valence-electron chi connectivity index (χ3n) is 3.69. The summed E-state index contributed by atoms with van der Waals surface area (Å²) >= 11 is 12.2. The van der Waals surface area contributed by atoms with Gasteiger partial charge in [0.15, 0.2) is 5.82 Å². The maximum atomic E-state index is 6.26. The highest BCUT2D eigenvalue weighted by Gasteiger charge is 2.34. The van der Waals surface area contributed by atoms with Gasteiger partial charge in [-0.15, -0.1) is 0 Å². The molecule has 1 heterocycles. The van der Waals surface area contributed by atoms with Crippen LogP contribution in [0.5, 0.6) is 0 Å². The molecular formula is C14H14Cl2N2O. The second kappa shape index (κ2) is 4.73. The van der Waals surface area contributed by atoms with E-state index in [9.17, 15) is 0 Å². The van der Waals surface area contributed by atoms with Gasteiger partial charge in [-0.25, -0.2) is 0 Å². The van der Waals surface area contributed by atoms with Crippen molar-refractivity contribution in [3.8, 4) is 11.1 Å². The van der Waals surface area contributed by atoms with Gasteiger partial charge in [-0.2, -0.15) is 0 Å². The van der Waals surface area contributed by atoms with Gasteiger partial charge >= 0.3 is 0 Å². The van der Waals surface area contributed by atoms with Crippen LogP contribution in [0.2, 0.25) is 10.0 Å². The number of aromatic nitrogens is 1. The third-order valence-corrected chi connectivity index (χ3v) is 4.24. The van der Waals surface area contributed by atoms with Gasteiger partial charge in [0.2, 0.25) is 0 Å². The topological polar surface area (TPSA) is 52.0 Å². The van der Waals surface area contributed by atoms with Crippen molar-refractivity contribution in [2.24, 2.45) is 5.92 Å². The van der Waals surface area contributed by atoms with Gasteiger partial charge in [0, 0.05) is 16.5 Å². The summed E-state index contributed by atoms with van der Waals surface area (Å²) in [6, 6.07) is 5.36. The number of nitrogens with two attached hydrogens (primary N) is 1. The maximum Gasteiger partial charge on any atom is 0.175 e. The summed E-state index contributed by atoms with van der Waals surface area (Å²) in [4.78, 5) is 0. The molecule has 0 amide bonds. The molecule has 0 spiro atoms. The van der Waals surface area contributed by atoms with Gasteiger partial charge in [-0.1, -0.05) is 41.3 Å². The van der Waals surface area contributed by atoms with Crippen LogP contribution in [-0.4, -0.2) is 5.16 Å². The Morgan fingerprint density at radius 3 is 2.74 bits per heavy atom. The summed E-state index contributed by atoms with van der Waals surface area (Å²) in [6.45, 7) is 2.14. The minimum absolute atomic E-state index is 0.312. The summed E-state index contributed by atoms with van der Waals surface area (Å²) in [6.07, 6.45) is 2.46. The monoisotopic (exact) mass is 296 g/mol. The standard InChI is InChI=1S/C14H14Cl2N2O/c1-7(8-2-3-8)13-12(14(17)18-19-13)10-5-4-9(15)6-11(10)16/h4-8H,2-3H2,1H3,(H2,17,18). The zero-order chi connectivity index (χ0) is 13.6. The first kappa shape index (κ1) is 12.8. The van der Waals surface area contributed by atoms with Crippen LogP contribution in [0.3, 0.4) is 0 Å². The Bertz CT molecular complexity index is 620. The smallest absolute Gasteiger partial charge is 0.175 e. The molecule has 2 N–H and O–H groups in total. The number of nitrogen functional groups attached to an aromatic ring is 1. The largest absolute Gasteiger partial charge is 0.380 e. The number of benzene rings is 1. The van der Waals surface area contributed by atoms with Crippen LogP contribution in [0.1, 0.15) is 31.4 Å². The third kappa shape index (κ3) is 2.33. The van der Waals surface area contributed by atoms with Crippen LogP contribution in [0.15, 0.2) is 22.7 Å². The number of hydrogen-bond donors (Lipinski definition) is 1. The molecule has 100 valence electrons. The molecule has 3 rings (SSSR count). The highest BCUT2D eigenvalue weighted by Crippen LogP contribution is 2.47. The van der Waals surface area contributed by atoms with E-state index in [0.29, 0.717) is 27.7 Å². The van der Waals surface area contributed by atoms with Gasteiger partial charge in [-0.05, 0) is 30.9 Å². The zero-order valence-electron chi connectivity index (χ0n) is 10.5. The fourth-order valence-corrected chi connectivity index (χ4v) is 2.90. The van der Waals surface area contributed by atoms with Crippen molar-refractivity contribution in [2.45, 2.75) is 25.7 Å². The summed E-state index contributed by atoms with van der Waals surface area (Å²) in [5, 5.41) is 5.06. The lowest BCUT2D eigenvalue weighted by Gasteiger charge is -2.10. The molecule has 1 aromatic heterocycles. The molecule has 1 aliphatic carbocycles. The molecule has 1 aliphatic rings. The molecule has 2 aromatic rings. The molecule has 0 bridgehead atoms. The second-order valence-electron chi connectivity index (χ2n) is 5.06. The summed E-state index contributed by atoms with van der Waals surface area (Å²) in [5.41, 5.74) is 7.57. The molecule has 0 saturated heterocycles. The number of rotatable bonds is 3.